The van der Waals surface area contributed by atoms with Crippen LogP contribution in [0, 0.1) is 0 Å². The van der Waals surface area contributed by atoms with Crippen LogP contribution in [0.25, 0.3) is 88.9 Å². The first-order valence-corrected chi connectivity index (χ1v) is 15.8. The number of benzene rings is 7. The van der Waals surface area contributed by atoms with Crippen molar-refractivity contribution >= 4 is 32.7 Å². The van der Waals surface area contributed by atoms with Crippen molar-refractivity contribution in [3.63, 3.8) is 0 Å². The largest absolute Gasteiger partial charge is 0.456 e. The lowest BCUT2D eigenvalue weighted by molar-refractivity contribution is 0.669. The third kappa shape index (κ3) is 4.68. The van der Waals surface area contributed by atoms with Crippen LogP contribution in [0.2, 0.25) is 0 Å². The van der Waals surface area contributed by atoms with Crippen molar-refractivity contribution in [2.45, 2.75) is 0 Å². The minimum absolute atomic E-state index is 0.661. The fraction of sp³-hybridized carbons (Fsp3) is 0. The summed E-state index contributed by atoms with van der Waals surface area (Å²) in [6.45, 7) is 0. The Kier molecular flexibility index (Phi) is 6.46. The van der Waals surface area contributed by atoms with Gasteiger partial charge in [-0.1, -0.05) is 146 Å². The van der Waals surface area contributed by atoms with Gasteiger partial charge in [-0.05, 0) is 57.3 Å². The number of aromatic nitrogens is 2. The summed E-state index contributed by atoms with van der Waals surface area (Å²) in [5, 5.41) is 4.39. The van der Waals surface area contributed by atoms with E-state index in [1.807, 2.05) is 24.3 Å². The summed E-state index contributed by atoms with van der Waals surface area (Å²) in [6.07, 6.45) is 0. The van der Waals surface area contributed by atoms with Crippen LogP contribution in [0.15, 0.2) is 174 Å². The lowest BCUT2D eigenvalue weighted by atomic mass is 9.92. The Bertz CT molecular complexity index is 2550. The molecule has 0 N–H and O–H groups in total. The van der Waals surface area contributed by atoms with Crippen LogP contribution in [0.1, 0.15) is 0 Å². The first-order chi connectivity index (χ1) is 23.3. The minimum atomic E-state index is 0.661. The predicted octanol–water partition coefficient (Wildman–Crippen LogP) is 11.9. The van der Waals surface area contributed by atoms with Crippen LogP contribution < -0.4 is 0 Å². The highest BCUT2D eigenvalue weighted by Crippen LogP contribution is 2.43. The zero-order chi connectivity index (χ0) is 31.2. The fourth-order valence-corrected chi connectivity index (χ4v) is 6.75. The second-order valence-corrected chi connectivity index (χ2v) is 11.7. The highest BCUT2D eigenvalue weighted by molar-refractivity contribution is 6.15. The van der Waals surface area contributed by atoms with E-state index in [0.29, 0.717) is 5.82 Å². The van der Waals surface area contributed by atoms with Gasteiger partial charge in [0.1, 0.15) is 11.2 Å². The van der Waals surface area contributed by atoms with Crippen molar-refractivity contribution in [1.82, 2.24) is 9.97 Å². The molecular formula is C44H28N2O. The molecule has 220 valence electrons. The maximum absolute atomic E-state index is 6.39. The molecule has 0 fully saturated rings. The zero-order valence-electron chi connectivity index (χ0n) is 25.5. The van der Waals surface area contributed by atoms with Gasteiger partial charge in [-0.2, -0.15) is 0 Å². The van der Waals surface area contributed by atoms with Crippen molar-refractivity contribution < 1.29 is 4.42 Å². The van der Waals surface area contributed by atoms with Crippen molar-refractivity contribution in [3.8, 4) is 56.2 Å². The normalized spacial score (nSPS) is 11.4. The molecule has 0 aliphatic heterocycles. The standard InChI is InChI=1S/C44H28N2O/c1-4-14-29(15-5-1)32-24-25-36(35-21-11-10-20-34(32)35)39-28-38(31-18-8-3-9-19-31)45-44(46-39)43-33(30-16-6-2-7-17-30)26-27-41-42(43)37-22-12-13-23-40(37)47-41/h1-28H. The van der Waals surface area contributed by atoms with Gasteiger partial charge >= 0.3 is 0 Å². The van der Waals surface area contributed by atoms with E-state index in [4.69, 9.17) is 14.4 Å². The van der Waals surface area contributed by atoms with Gasteiger partial charge in [-0.15, -0.1) is 0 Å². The lowest BCUT2D eigenvalue weighted by Gasteiger charge is -2.16. The first kappa shape index (κ1) is 27.0. The molecule has 9 aromatic rings. The SMILES string of the molecule is c1ccc(-c2cc(-c3ccc(-c4ccccc4)c4ccccc34)nc(-c3c(-c4ccccc4)ccc4oc5ccccc5c34)n2)cc1. The number of hydrogen-bond donors (Lipinski definition) is 0. The number of hydrogen-bond acceptors (Lipinski definition) is 3. The topological polar surface area (TPSA) is 38.9 Å². The monoisotopic (exact) mass is 600 g/mol. The number of fused-ring (bicyclic) bond motifs is 4. The van der Waals surface area contributed by atoms with Gasteiger partial charge in [-0.3, -0.25) is 0 Å². The molecule has 0 aliphatic rings. The van der Waals surface area contributed by atoms with E-state index in [1.54, 1.807) is 0 Å². The molecule has 0 amide bonds. The van der Waals surface area contributed by atoms with Crippen LogP contribution in [-0.4, -0.2) is 9.97 Å². The molecule has 47 heavy (non-hydrogen) atoms. The third-order valence-corrected chi connectivity index (χ3v) is 8.93. The summed E-state index contributed by atoms with van der Waals surface area (Å²) in [7, 11) is 0. The number of rotatable bonds is 5. The van der Waals surface area contributed by atoms with Crippen LogP contribution in [0.3, 0.4) is 0 Å². The van der Waals surface area contributed by atoms with Crippen molar-refractivity contribution in [3.05, 3.63) is 170 Å². The summed E-state index contributed by atoms with van der Waals surface area (Å²) in [5.74, 6) is 0.661. The van der Waals surface area contributed by atoms with E-state index >= 15 is 0 Å². The Morgan fingerprint density at radius 2 is 0.872 bits per heavy atom. The van der Waals surface area contributed by atoms with Crippen molar-refractivity contribution in [2.75, 3.05) is 0 Å². The fourth-order valence-electron chi connectivity index (χ4n) is 6.75. The number of para-hydroxylation sites is 1. The maximum atomic E-state index is 6.39. The summed E-state index contributed by atoms with van der Waals surface area (Å²) in [5.41, 5.74) is 11.0. The molecule has 0 saturated heterocycles. The van der Waals surface area contributed by atoms with Crippen LogP contribution >= 0.6 is 0 Å². The Labute approximate surface area is 272 Å². The summed E-state index contributed by atoms with van der Waals surface area (Å²) >= 11 is 0. The summed E-state index contributed by atoms with van der Waals surface area (Å²) in [4.78, 5) is 10.7. The minimum Gasteiger partial charge on any atom is -0.456 e. The molecule has 0 bridgehead atoms. The van der Waals surface area contributed by atoms with Crippen LogP contribution in [0.5, 0.6) is 0 Å². The molecule has 2 aromatic heterocycles. The van der Waals surface area contributed by atoms with E-state index in [1.165, 1.54) is 16.5 Å². The van der Waals surface area contributed by atoms with Gasteiger partial charge in [-0.25, -0.2) is 9.97 Å². The highest BCUT2D eigenvalue weighted by Gasteiger charge is 2.22. The van der Waals surface area contributed by atoms with Crippen molar-refractivity contribution in [1.29, 1.82) is 0 Å². The van der Waals surface area contributed by atoms with Gasteiger partial charge in [0.15, 0.2) is 5.82 Å². The predicted molar refractivity (Wildman–Crippen MR) is 194 cm³/mol. The van der Waals surface area contributed by atoms with Crippen LogP contribution in [0.4, 0.5) is 0 Å². The Morgan fingerprint density at radius 3 is 1.57 bits per heavy atom. The lowest BCUT2D eigenvalue weighted by Crippen LogP contribution is -1.98. The first-order valence-electron chi connectivity index (χ1n) is 15.8. The van der Waals surface area contributed by atoms with Gasteiger partial charge in [0.25, 0.3) is 0 Å². The molecular weight excluding hydrogens is 572 g/mol. The second-order valence-electron chi connectivity index (χ2n) is 11.7. The average Bonchev–Trinajstić information content (AvgIpc) is 3.54. The van der Waals surface area contributed by atoms with E-state index in [9.17, 15) is 0 Å². The molecule has 3 heteroatoms. The Hall–Kier alpha value is -6.32. The summed E-state index contributed by atoms with van der Waals surface area (Å²) in [6, 6.07) is 59.0. The molecule has 0 saturated carbocycles. The van der Waals surface area contributed by atoms with E-state index < -0.39 is 0 Å². The van der Waals surface area contributed by atoms with Crippen LogP contribution in [-0.2, 0) is 0 Å². The van der Waals surface area contributed by atoms with E-state index in [2.05, 4.69) is 146 Å². The average molecular weight is 601 g/mol. The van der Waals surface area contributed by atoms with E-state index in [0.717, 1.165) is 66.5 Å². The smallest absolute Gasteiger partial charge is 0.161 e. The number of nitrogens with zero attached hydrogens (tertiary/aromatic N) is 2. The molecule has 7 aromatic carbocycles. The molecule has 0 atom stereocenters. The molecule has 0 radical (unpaired) electrons. The van der Waals surface area contributed by atoms with E-state index in [-0.39, 0.29) is 0 Å². The third-order valence-electron chi connectivity index (χ3n) is 8.93. The molecule has 3 nitrogen and oxygen atoms in total. The molecule has 0 aliphatic carbocycles. The highest BCUT2D eigenvalue weighted by atomic mass is 16.3. The molecule has 0 unspecified atom stereocenters. The second kappa shape index (κ2) is 11.2. The molecule has 2 heterocycles. The Morgan fingerprint density at radius 1 is 0.362 bits per heavy atom. The molecule has 0 spiro atoms. The van der Waals surface area contributed by atoms with Crippen molar-refractivity contribution in [2.24, 2.45) is 0 Å². The molecule has 9 rings (SSSR count). The maximum Gasteiger partial charge on any atom is 0.161 e. The zero-order valence-corrected chi connectivity index (χ0v) is 25.5. The van der Waals surface area contributed by atoms with Gasteiger partial charge in [0.2, 0.25) is 0 Å². The van der Waals surface area contributed by atoms with Gasteiger partial charge in [0, 0.05) is 27.5 Å². The number of furan rings is 1. The Balaban J connectivity index is 1.37. The van der Waals surface area contributed by atoms with Gasteiger partial charge < -0.3 is 4.42 Å². The van der Waals surface area contributed by atoms with Gasteiger partial charge in [0.05, 0.1) is 11.4 Å². The summed E-state index contributed by atoms with van der Waals surface area (Å²) < 4.78 is 6.39. The quantitative estimate of drug-likeness (QED) is 0.197.